The Morgan fingerprint density at radius 2 is 2.21 bits per heavy atom. The normalized spacial score (nSPS) is 16.1. The fraction of sp³-hybridized carbons (Fsp3) is 0.364. The molecule has 0 bridgehead atoms. The first-order chi connectivity index (χ1) is 6.84. The first-order valence-corrected chi connectivity index (χ1v) is 5.01. The van der Waals surface area contributed by atoms with Gasteiger partial charge in [-0.3, -0.25) is 0 Å². The van der Waals surface area contributed by atoms with Gasteiger partial charge in [-0.25, -0.2) is 4.98 Å². The Morgan fingerprint density at radius 1 is 1.36 bits per heavy atom. The summed E-state index contributed by atoms with van der Waals surface area (Å²) in [5.41, 5.74) is 0.981. The lowest BCUT2D eigenvalue weighted by molar-refractivity contribution is 0.896. The first kappa shape index (κ1) is 7.85. The van der Waals surface area contributed by atoms with Crippen molar-refractivity contribution in [2.24, 2.45) is 0 Å². The molecule has 0 aromatic carbocycles. The molecule has 1 N–H and O–H groups in total. The van der Waals surface area contributed by atoms with Crippen LogP contribution in [0.1, 0.15) is 12.8 Å². The van der Waals surface area contributed by atoms with Crippen molar-refractivity contribution in [3.05, 3.63) is 24.4 Å². The number of aromatic amines is 1. The van der Waals surface area contributed by atoms with Crippen LogP contribution in [0.15, 0.2) is 24.4 Å². The fourth-order valence-electron chi connectivity index (χ4n) is 1.77. The fourth-order valence-corrected chi connectivity index (χ4v) is 1.77. The van der Waals surface area contributed by atoms with Crippen LogP contribution >= 0.6 is 0 Å². The van der Waals surface area contributed by atoms with E-state index >= 15 is 0 Å². The van der Waals surface area contributed by atoms with Gasteiger partial charge in [0, 0.05) is 24.7 Å². The van der Waals surface area contributed by atoms with Gasteiger partial charge in [0.2, 0.25) is 0 Å². The van der Waals surface area contributed by atoms with Crippen LogP contribution in [-0.4, -0.2) is 23.1 Å². The van der Waals surface area contributed by atoms with Crippen LogP contribution in [0.4, 0.5) is 5.82 Å². The molecule has 72 valence electrons. The van der Waals surface area contributed by atoms with Gasteiger partial charge >= 0.3 is 0 Å². The number of rotatable bonds is 2. The van der Waals surface area contributed by atoms with Gasteiger partial charge in [-0.05, 0) is 31.0 Å². The van der Waals surface area contributed by atoms with E-state index < -0.39 is 0 Å². The van der Waals surface area contributed by atoms with Crippen LogP contribution in [0.5, 0.6) is 0 Å². The predicted octanol–water partition coefficient (Wildman–Crippen LogP) is 2.16. The van der Waals surface area contributed by atoms with Gasteiger partial charge in [0.15, 0.2) is 0 Å². The number of hydrogen-bond donors (Lipinski definition) is 1. The third-order valence-electron chi connectivity index (χ3n) is 2.85. The van der Waals surface area contributed by atoms with Crippen molar-refractivity contribution in [1.82, 2.24) is 9.97 Å². The molecule has 14 heavy (non-hydrogen) atoms. The van der Waals surface area contributed by atoms with E-state index in [9.17, 15) is 0 Å². The van der Waals surface area contributed by atoms with Crippen molar-refractivity contribution in [3.8, 4) is 0 Å². The minimum Gasteiger partial charge on any atom is -0.357 e. The Balaban J connectivity index is 2.03. The third-order valence-corrected chi connectivity index (χ3v) is 2.85. The molecule has 0 unspecified atom stereocenters. The van der Waals surface area contributed by atoms with Gasteiger partial charge in [-0.2, -0.15) is 0 Å². The van der Waals surface area contributed by atoms with E-state index in [2.05, 4.69) is 34.0 Å². The number of aromatic nitrogens is 2. The average molecular weight is 187 g/mol. The van der Waals surface area contributed by atoms with Gasteiger partial charge in [-0.15, -0.1) is 0 Å². The van der Waals surface area contributed by atoms with Crippen LogP contribution in [-0.2, 0) is 0 Å². The van der Waals surface area contributed by atoms with Crippen molar-refractivity contribution in [2.75, 3.05) is 11.9 Å². The summed E-state index contributed by atoms with van der Waals surface area (Å²) in [6.07, 6.45) is 4.54. The van der Waals surface area contributed by atoms with Crippen molar-refractivity contribution >= 4 is 16.9 Å². The van der Waals surface area contributed by atoms with Crippen molar-refractivity contribution < 1.29 is 0 Å². The zero-order valence-electron chi connectivity index (χ0n) is 8.20. The molecule has 1 aliphatic carbocycles. The van der Waals surface area contributed by atoms with Gasteiger partial charge in [0.25, 0.3) is 0 Å². The Morgan fingerprint density at radius 3 is 3.00 bits per heavy atom. The molecule has 3 nitrogen and oxygen atoms in total. The molecule has 2 aromatic heterocycles. The summed E-state index contributed by atoms with van der Waals surface area (Å²) in [7, 11) is 2.12. The smallest absolute Gasteiger partial charge is 0.139 e. The number of fused-ring (bicyclic) bond motifs is 1. The van der Waals surface area contributed by atoms with E-state index in [1.165, 1.54) is 18.2 Å². The highest BCUT2D eigenvalue weighted by Crippen LogP contribution is 2.29. The second-order valence-electron chi connectivity index (χ2n) is 3.93. The molecule has 3 rings (SSSR count). The molecule has 2 heterocycles. The highest BCUT2D eigenvalue weighted by molar-refractivity contribution is 5.77. The van der Waals surface area contributed by atoms with Crippen LogP contribution in [0, 0.1) is 0 Å². The molecule has 0 atom stereocenters. The SMILES string of the molecule is CN(c1ccc2cc[nH]c2n1)C1CC1. The molecular weight excluding hydrogens is 174 g/mol. The van der Waals surface area contributed by atoms with Crippen LogP contribution < -0.4 is 4.90 Å². The summed E-state index contributed by atoms with van der Waals surface area (Å²) in [5, 5.41) is 1.18. The van der Waals surface area contributed by atoms with E-state index in [4.69, 9.17) is 0 Å². The lowest BCUT2D eigenvalue weighted by Crippen LogP contribution is -2.20. The van der Waals surface area contributed by atoms with Crippen LogP contribution in [0.2, 0.25) is 0 Å². The monoisotopic (exact) mass is 187 g/mol. The highest BCUT2D eigenvalue weighted by atomic mass is 15.2. The second-order valence-corrected chi connectivity index (χ2v) is 3.93. The second kappa shape index (κ2) is 2.74. The molecule has 2 aromatic rings. The van der Waals surface area contributed by atoms with E-state index in [1.54, 1.807) is 0 Å². The zero-order chi connectivity index (χ0) is 9.54. The Labute approximate surface area is 82.8 Å². The molecule has 0 radical (unpaired) electrons. The summed E-state index contributed by atoms with van der Waals surface area (Å²) < 4.78 is 0. The van der Waals surface area contributed by atoms with Gasteiger partial charge in [0.05, 0.1) is 0 Å². The average Bonchev–Trinajstić information content (AvgIpc) is 2.95. The first-order valence-electron chi connectivity index (χ1n) is 5.01. The molecule has 1 fully saturated rings. The Kier molecular flexibility index (Phi) is 1.54. The maximum Gasteiger partial charge on any atom is 0.139 e. The molecule has 0 saturated heterocycles. The summed E-state index contributed by atoms with van der Waals surface area (Å²) in [4.78, 5) is 9.97. The number of nitrogens with one attached hydrogen (secondary N) is 1. The number of H-pyrrole nitrogens is 1. The van der Waals surface area contributed by atoms with Crippen molar-refractivity contribution in [1.29, 1.82) is 0 Å². The summed E-state index contributed by atoms with van der Waals surface area (Å²) in [6.45, 7) is 0. The summed E-state index contributed by atoms with van der Waals surface area (Å²) in [5.74, 6) is 1.07. The van der Waals surface area contributed by atoms with Crippen molar-refractivity contribution in [3.63, 3.8) is 0 Å². The lowest BCUT2D eigenvalue weighted by atomic mass is 10.3. The molecule has 0 spiro atoms. The van der Waals surface area contributed by atoms with E-state index in [1.807, 2.05) is 12.3 Å². The van der Waals surface area contributed by atoms with Crippen molar-refractivity contribution in [2.45, 2.75) is 18.9 Å². The quantitative estimate of drug-likeness (QED) is 0.781. The Hall–Kier alpha value is -1.51. The van der Waals surface area contributed by atoms with Gasteiger partial charge in [0.1, 0.15) is 11.5 Å². The molecular formula is C11H13N3. The predicted molar refractivity (Wildman–Crippen MR) is 57.5 cm³/mol. The van der Waals surface area contributed by atoms with E-state index in [0.29, 0.717) is 0 Å². The third kappa shape index (κ3) is 1.16. The molecule has 0 aliphatic heterocycles. The number of hydrogen-bond acceptors (Lipinski definition) is 2. The van der Waals surface area contributed by atoms with Crippen LogP contribution in [0.25, 0.3) is 11.0 Å². The minimum atomic E-state index is 0.718. The number of nitrogens with zero attached hydrogens (tertiary/aromatic N) is 2. The molecule has 1 saturated carbocycles. The summed E-state index contributed by atoms with van der Waals surface area (Å²) in [6, 6.07) is 6.97. The number of anilines is 1. The summed E-state index contributed by atoms with van der Waals surface area (Å²) >= 11 is 0. The van der Waals surface area contributed by atoms with Crippen LogP contribution in [0.3, 0.4) is 0 Å². The Bertz CT molecular complexity index is 456. The maximum atomic E-state index is 4.57. The standard InChI is InChI=1S/C11H13N3/c1-14(9-3-4-9)10-5-2-8-6-7-12-11(8)13-10/h2,5-7,9H,3-4H2,1H3,(H,12,13). The lowest BCUT2D eigenvalue weighted by Gasteiger charge is -2.16. The minimum absolute atomic E-state index is 0.718. The van der Waals surface area contributed by atoms with Gasteiger partial charge < -0.3 is 9.88 Å². The maximum absolute atomic E-state index is 4.57. The zero-order valence-corrected chi connectivity index (χ0v) is 8.20. The van der Waals surface area contributed by atoms with Gasteiger partial charge in [-0.1, -0.05) is 0 Å². The molecule has 3 heteroatoms. The van der Waals surface area contributed by atoms with E-state index in [-0.39, 0.29) is 0 Å². The van der Waals surface area contributed by atoms with E-state index in [0.717, 1.165) is 17.5 Å². The highest BCUT2D eigenvalue weighted by Gasteiger charge is 2.27. The molecule has 0 amide bonds. The number of pyridine rings is 1. The largest absolute Gasteiger partial charge is 0.357 e. The topological polar surface area (TPSA) is 31.9 Å². The molecule has 1 aliphatic rings.